The van der Waals surface area contributed by atoms with Crippen molar-refractivity contribution in [1.29, 1.82) is 0 Å². The summed E-state index contributed by atoms with van der Waals surface area (Å²) in [5.74, 6) is 1.86. The number of hydrogen-bond acceptors (Lipinski definition) is 4. The average molecular weight is 808 g/mol. The lowest BCUT2D eigenvalue weighted by molar-refractivity contribution is 0.653. The number of furan rings is 1. The molecule has 0 atom stereocenters. The van der Waals surface area contributed by atoms with Crippen molar-refractivity contribution in [2.45, 2.75) is 38.5 Å². The van der Waals surface area contributed by atoms with E-state index in [1.54, 1.807) is 0 Å². The maximum atomic E-state index is 6.88. The van der Waals surface area contributed by atoms with Crippen LogP contribution in [0.2, 0.25) is 0 Å². The molecule has 0 aliphatic heterocycles. The fourth-order valence-electron chi connectivity index (χ4n) is 10.8. The van der Waals surface area contributed by atoms with Gasteiger partial charge in [0.25, 0.3) is 0 Å². The molecule has 2 aromatic heterocycles. The molecule has 0 amide bonds. The second-order valence-electron chi connectivity index (χ2n) is 18.4. The second kappa shape index (κ2) is 12.9. The van der Waals surface area contributed by atoms with Crippen LogP contribution in [0.5, 0.6) is 0 Å². The van der Waals surface area contributed by atoms with Gasteiger partial charge in [0.2, 0.25) is 0 Å². The Morgan fingerprint density at radius 1 is 0.365 bits per heavy atom. The summed E-state index contributed by atoms with van der Waals surface area (Å²) < 4.78 is 6.88. The summed E-state index contributed by atoms with van der Waals surface area (Å²) in [5, 5.41) is 6.86. The molecule has 0 radical (unpaired) electrons. The molecule has 0 spiro atoms. The van der Waals surface area contributed by atoms with Gasteiger partial charge in [-0.1, -0.05) is 173 Å². The Labute approximate surface area is 365 Å². The molecule has 4 nitrogen and oxygen atoms in total. The van der Waals surface area contributed by atoms with E-state index in [-0.39, 0.29) is 10.8 Å². The summed E-state index contributed by atoms with van der Waals surface area (Å²) in [6.45, 7) is 9.31. The SMILES string of the molecule is CC1(C)c2ccccc2-c2cc3ccc4ccc(-c5nc(-c6ccc(-c7ccccc7)cc6)nc(-c6cc7c(c8oc9ccccc9c68)-c6ccccc6C7(C)C)n5)cc4c3cc21. The van der Waals surface area contributed by atoms with Gasteiger partial charge < -0.3 is 4.42 Å². The molecule has 2 heterocycles. The van der Waals surface area contributed by atoms with Gasteiger partial charge in [-0.25, -0.2) is 15.0 Å². The lowest BCUT2D eigenvalue weighted by Gasteiger charge is -2.22. The Balaban J connectivity index is 1.06. The molecule has 13 rings (SSSR count). The minimum Gasteiger partial charge on any atom is -0.455 e. The highest BCUT2D eigenvalue weighted by Crippen LogP contribution is 2.55. The van der Waals surface area contributed by atoms with Crippen LogP contribution in [0.25, 0.3) is 111 Å². The predicted octanol–water partition coefficient (Wildman–Crippen LogP) is 15.4. The van der Waals surface area contributed by atoms with E-state index in [4.69, 9.17) is 19.4 Å². The Kier molecular flexibility index (Phi) is 7.38. The third-order valence-corrected chi connectivity index (χ3v) is 14.1. The van der Waals surface area contributed by atoms with Gasteiger partial charge in [-0.05, 0) is 102 Å². The van der Waals surface area contributed by atoms with Gasteiger partial charge in [0, 0.05) is 43.9 Å². The fourth-order valence-corrected chi connectivity index (χ4v) is 10.8. The number of benzene rings is 9. The first-order chi connectivity index (χ1) is 30.7. The van der Waals surface area contributed by atoms with E-state index in [0.29, 0.717) is 17.5 Å². The molecular formula is C59H41N3O. The van der Waals surface area contributed by atoms with Crippen LogP contribution in [0, 0.1) is 0 Å². The van der Waals surface area contributed by atoms with Crippen molar-refractivity contribution in [3.05, 3.63) is 198 Å². The van der Waals surface area contributed by atoms with Crippen LogP contribution in [0.3, 0.4) is 0 Å². The molecule has 0 N–H and O–H groups in total. The second-order valence-corrected chi connectivity index (χ2v) is 18.4. The lowest BCUT2D eigenvalue weighted by atomic mass is 9.81. The van der Waals surface area contributed by atoms with E-state index in [9.17, 15) is 0 Å². The van der Waals surface area contributed by atoms with E-state index in [1.165, 1.54) is 66.1 Å². The normalized spacial score (nSPS) is 14.3. The molecule has 2 aliphatic rings. The first kappa shape index (κ1) is 36.0. The van der Waals surface area contributed by atoms with Crippen LogP contribution in [-0.4, -0.2) is 15.0 Å². The van der Waals surface area contributed by atoms with Crippen molar-refractivity contribution in [1.82, 2.24) is 15.0 Å². The van der Waals surface area contributed by atoms with Crippen LogP contribution < -0.4 is 0 Å². The first-order valence-corrected chi connectivity index (χ1v) is 21.8. The zero-order valence-corrected chi connectivity index (χ0v) is 35.5. The van der Waals surface area contributed by atoms with E-state index >= 15 is 0 Å². The highest BCUT2D eigenvalue weighted by molar-refractivity contribution is 6.18. The average Bonchev–Trinajstić information content (AvgIpc) is 3.90. The highest BCUT2D eigenvalue weighted by atomic mass is 16.3. The fraction of sp³-hybridized carbons (Fsp3) is 0.102. The maximum Gasteiger partial charge on any atom is 0.164 e. The summed E-state index contributed by atoms with van der Waals surface area (Å²) in [5.41, 5.74) is 16.7. The van der Waals surface area contributed by atoms with Gasteiger partial charge >= 0.3 is 0 Å². The third-order valence-electron chi connectivity index (χ3n) is 14.1. The van der Waals surface area contributed by atoms with Crippen LogP contribution in [-0.2, 0) is 10.8 Å². The molecule has 0 saturated carbocycles. The number of para-hydroxylation sites is 1. The van der Waals surface area contributed by atoms with Gasteiger partial charge in [-0.3, -0.25) is 0 Å². The molecular weight excluding hydrogens is 767 g/mol. The minimum absolute atomic E-state index is 0.109. The zero-order chi connectivity index (χ0) is 42.2. The largest absolute Gasteiger partial charge is 0.455 e. The standard InChI is InChI=1S/C59H41N3O/c1-58(2)47-19-11-8-16-40(47)45-30-38-28-24-36-25-29-39(31-43(36)44(38)32-49(45)58)56-60-55(37-26-22-35(23-27-37)34-14-6-5-7-15-34)61-57(62-56)46-33-50-53(41-17-9-12-20-48(41)59(50,3)4)54-52(46)42-18-10-13-21-51(42)63-54/h5-33H,1-4H3. The highest BCUT2D eigenvalue weighted by Gasteiger charge is 2.39. The van der Waals surface area contributed by atoms with Crippen LogP contribution in [0.15, 0.2) is 180 Å². The Bertz CT molecular complexity index is 3730. The summed E-state index contributed by atoms with van der Waals surface area (Å²) in [6, 6.07) is 63.3. The molecule has 9 aromatic carbocycles. The van der Waals surface area contributed by atoms with Crippen LogP contribution >= 0.6 is 0 Å². The maximum absolute atomic E-state index is 6.88. The Morgan fingerprint density at radius 3 is 1.75 bits per heavy atom. The quantitative estimate of drug-likeness (QED) is 0.166. The molecule has 0 bridgehead atoms. The number of nitrogens with zero attached hydrogens (tertiary/aromatic N) is 3. The molecule has 4 heteroatoms. The van der Waals surface area contributed by atoms with Crippen molar-refractivity contribution in [2.75, 3.05) is 0 Å². The zero-order valence-electron chi connectivity index (χ0n) is 35.5. The number of fused-ring (bicyclic) bond motifs is 13. The van der Waals surface area contributed by atoms with Crippen LogP contribution in [0.1, 0.15) is 49.9 Å². The van der Waals surface area contributed by atoms with Crippen molar-refractivity contribution < 1.29 is 4.42 Å². The molecule has 298 valence electrons. The predicted molar refractivity (Wildman–Crippen MR) is 259 cm³/mol. The van der Waals surface area contributed by atoms with Gasteiger partial charge in [0.05, 0.1) is 0 Å². The minimum atomic E-state index is -0.269. The summed E-state index contributed by atoms with van der Waals surface area (Å²) in [6.07, 6.45) is 0. The first-order valence-electron chi connectivity index (χ1n) is 21.8. The van der Waals surface area contributed by atoms with Gasteiger partial charge in [-0.2, -0.15) is 0 Å². The Morgan fingerprint density at radius 2 is 0.937 bits per heavy atom. The molecule has 2 aliphatic carbocycles. The van der Waals surface area contributed by atoms with Gasteiger partial charge in [-0.15, -0.1) is 0 Å². The number of hydrogen-bond donors (Lipinski definition) is 0. The molecule has 11 aromatic rings. The molecule has 63 heavy (non-hydrogen) atoms. The topological polar surface area (TPSA) is 51.8 Å². The lowest BCUT2D eigenvalue weighted by Crippen LogP contribution is -2.15. The third kappa shape index (κ3) is 5.18. The van der Waals surface area contributed by atoms with Crippen molar-refractivity contribution in [3.8, 4) is 67.5 Å². The van der Waals surface area contributed by atoms with Crippen molar-refractivity contribution in [3.63, 3.8) is 0 Å². The van der Waals surface area contributed by atoms with Crippen LogP contribution in [0.4, 0.5) is 0 Å². The summed E-state index contributed by atoms with van der Waals surface area (Å²) in [7, 11) is 0. The summed E-state index contributed by atoms with van der Waals surface area (Å²) >= 11 is 0. The van der Waals surface area contributed by atoms with E-state index in [2.05, 4.69) is 191 Å². The monoisotopic (exact) mass is 807 g/mol. The molecule has 0 unspecified atom stereocenters. The Hall–Kier alpha value is -7.69. The van der Waals surface area contributed by atoms with E-state index in [0.717, 1.165) is 49.8 Å². The van der Waals surface area contributed by atoms with Gasteiger partial charge in [0.1, 0.15) is 11.2 Å². The van der Waals surface area contributed by atoms with Crippen molar-refractivity contribution >= 4 is 43.5 Å². The van der Waals surface area contributed by atoms with Crippen molar-refractivity contribution in [2.24, 2.45) is 0 Å². The number of rotatable bonds is 4. The molecule has 0 fully saturated rings. The van der Waals surface area contributed by atoms with E-state index < -0.39 is 0 Å². The smallest absolute Gasteiger partial charge is 0.164 e. The molecule has 0 saturated heterocycles. The van der Waals surface area contributed by atoms with E-state index in [1.807, 2.05) is 12.1 Å². The summed E-state index contributed by atoms with van der Waals surface area (Å²) in [4.78, 5) is 16.2. The number of aromatic nitrogens is 3. The van der Waals surface area contributed by atoms with Gasteiger partial charge in [0.15, 0.2) is 17.5 Å².